The van der Waals surface area contributed by atoms with Crippen molar-refractivity contribution in [2.75, 3.05) is 0 Å². The lowest BCUT2D eigenvalue weighted by molar-refractivity contribution is 0.145. The van der Waals surface area contributed by atoms with Crippen molar-refractivity contribution >= 4 is 35.7 Å². The van der Waals surface area contributed by atoms with E-state index in [4.69, 9.17) is 10.7 Å². The summed E-state index contributed by atoms with van der Waals surface area (Å²) in [5, 5.41) is -0.547. The summed E-state index contributed by atoms with van der Waals surface area (Å²) in [5.74, 6) is 0. The predicted octanol–water partition coefficient (Wildman–Crippen LogP) is 3.02. The van der Waals surface area contributed by atoms with Gasteiger partial charge in [0, 0.05) is 20.7 Å². The summed E-state index contributed by atoms with van der Waals surface area (Å²) in [6.45, 7) is 1.42. The van der Waals surface area contributed by atoms with Crippen LogP contribution >= 0.6 is 26.6 Å². The van der Waals surface area contributed by atoms with E-state index in [2.05, 4.69) is 20.9 Å². The smallest absolute Gasteiger partial charge is 0.234 e. The third kappa shape index (κ3) is 2.85. The molecule has 1 heterocycles. The molecule has 0 amide bonds. The first-order valence-electron chi connectivity index (χ1n) is 3.63. The van der Waals surface area contributed by atoms with Gasteiger partial charge in [0.2, 0.25) is 0 Å². The number of pyridine rings is 1. The fraction of sp³-hybridized carbons (Fsp3) is 0.286. The molecule has 1 aromatic rings. The second-order valence-corrected chi connectivity index (χ2v) is 6.03. The topological polar surface area (TPSA) is 47.0 Å². The lowest BCUT2D eigenvalue weighted by Gasteiger charge is -2.06. The molecule has 0 atom stereocenters. The molecule has 15 heavy (non-hydrogen) atoms. The number of nitrogens with zero attached hydrogens (tertiary/aromatic N) is 1. The van der Waals surface area contributed by atoms with E-state index in [0.29, 0.717) is 0 Å². The van der Waals surface area contributed by atoms with Gasteiger partial charge in [-0.05, 0) is 13.0 Å². The summed E-state index contributed by atoms with van der Waals surface area (Å²) < 4.78 is 46.9. The summed E-state index contributed by atoms with van der Waals surface area (Å²) in [4.78, 5) is 3.30. The van der Waals surface area contributed by atoms with Crippen molar-refractivity contribution in [3.8, 4) is 0 Å². The van der Waals surface area contributed by atoms with Crippen molar-refractivity contribution in [2.45, 2.75) is 18.4 Å². The zero-order valence-corrected chi connectivity index (χ0v) is 10.5. The largest absolute Gasteiger partial charge is 0.280 e. The van der Waals surface area contributed by atoms with Crippen LogP contribution in [0.25, 0.3) is 0 Å². The fourth-order valence-corrected chi connectivity index (χ4v) is 2.62. The highest BCUT2D eigenvalue weighted by Crippen LogP contribution is 2.28. The molecule has 0 unspecified atom stereocenters. The van der Waals surface area contributed by atoms with Gasteiger partial charge in [-0.2, -0.15) is 0 Å². The van der Waals surface area contributed by atoms with Gasteiger partial charge in [0.05, 0.1) is 0 Å². The second-order valence-electron chi connectivity index (χ2n) is 2.70. The molecule has 0 bridgehead atoms. The van der Waals surface area contributed by atoms with Crippen LogP contribution in [-0.4, -0.2) is 13.4 Å². The molecule has 0 radical (unpaired) electrons. The zero-order valence-electron chi connectivity index (χ0n) is 7.34. The number of hydrogen-bond donors (Lipinski definition) is 0. The van der Waals surface area contributed by atoms with E-state index in [-0.39, 0.29) is 10.0 Å². The molecule has 0 saturated heterocycles. The Labute approximate surface area is 98.0 Å². The molecular formula is C7H5BrClF2NO2S. The number of halogens is 4. The van der Waals surface area contributed by atoms with Gasteiger partial charge in [0.1, 0.15) is 5.69 Å². The van der Waals surface area contributed by atoms with E-state index in [1.807, 2.05) is 0 Å². The highest BCUT2D eigenvalue weighted by molar-refractivity contribution is 9.10. The van der Waals surface area contributed by atoms with Gasteiger partial charge < -0.3 is 0 Å². The summed E-state index contributed by atoms with van der Waals surface area (Å²) in [7, 11) is 0.942. The molecule has 0 N–H and O–H groups in total. The first-order chi connectivity index (χ1) is 6.73. The molecule has 84 valence electrons. The summed E-state index contributed by atoms with van der Waals surface area (Å²) in [6, 6.07) is 1.06. The molecule has 8 heteroatoms. The average Bonchev–Trinajstić information content (AvgIpc) is 2.06. The van der Waals surface area contributed by atoms with Crippen molar-refractivity contribution in [3.63, 3.8) is 0 Å². The number of rotatable bonds is 2. The minimum Gasteiger partial charge on any atom is -0.234 e. The molecule has 1 rings (SSSR count). The van der Waals surface area contributed by atoms with E-state index in [1.165, 1.54) is 6.92 Å². The van der Waals surface area contributed by atoms with Crippen LogP contribution in [0, 0.1) is 6.92 Å². The van der Waals surface area contributed by atoms with E-state index < -0.39 is 26.2 Å². The van der Waals surface area contributed by atoms with Crippen LogP contribution in [0.1, 0.15) is 17.7 Å². The standard InChI is InChI=1S/C7H5BrClF2NO2S/c1-3-4(8)2-5(6(10)11)12-7(3)15(9,13)14/h2,6H,1H3. The lowest BCUT2D eigenvalue weighted by atomic mass is 10.3. The van der Waals surface area contributed by atoms with Crippen LogP contribution in [0.4, 0.5) is 8.78 Å². The maximum atomic E-state index is 12.3. The molecule has 0 fully saturated rings. The van der Waals surface area contributed by atoms with Gasteiger partial charge in [-0.3, -0.25) is 0 Å². The lowest BCUT2D eigenvalue weighted by Crippen LogP contribution is -2.03. The van der Waals surface area contributed by atoms with Gasteiger partial charge in [0.15, 0.2) is 5.03 Å². The van der Waals surface area contributed by atoms with Crippen LogP contribution in [0.2, 0.25) is 0 Å². The second kappa shape index (κ2) is 4.31. The SMILES string of the molecule is Cc1c(Br)cc(C(F)F)nc1S(=O)(=O)Cl. The van der Waals surface area contributed by atoms with Gasteiger partial charge in [-0.1, -0.05) is 15.9 Å². The molecule has 0 aliphatic carbocycles. The maximum Gasteiger partial charge on any atom is 0.280 e. The van der Waals surface area contributed by atoms with Crippen LogP contribution < -0.4 is 0 Å². The summed E-state index contributed by atoms with van der Waals surface area (Å²) in [6.07, 6.45) is -2.85. The number of hydrogen-bond acceptors (Lipinski definition) is 3. The minimum atomic E-state index is -4.11. The van der Waals surface area contributed by atoms with Gasteiger partial charge >= 0.3 is 0 Å². The molecular weight excluding hydrogens is 316 g/mol. The van der Waals surface area contributed by atoms with Crippen molar-refractivity contribution < 1.29 is 17.2 Å². The molecule has 0 saturated carbocycles. The highest BCUT2D eigenvalue weighted by Gasteiger charge is 2.21. The van der Waals surface area contributed by atoms with Gasteiger partial charge in [0.25, 0.3) is 15.5 Å². The Kier molecular flexibility index (Phi) is 3.67. The predicted molar refractivity (Wildman–Crippen MR) is 54.7 cm³/mol. The normalized spacial score (nSPS) is 12.1. The Morgan fingerprint density at radius 2 is 2.07 bits per heavy atom. The Morgan fingerprint density at radius 1 is 1.53 bits per heavy atom. The zero-order chi connectivity index (χ0) is 11.8. The molecule has 0 aromatic carbocycles. The highest BCUT2D eigenvalue weighted by atomic mass is 79.9. The summed E-state index contributed by atoms with van der Waals surface area (Å²) >= 11 is 2.96. The van der Waals surface area contributed by atoms with E-state index in [9.17, 15) is 17.2 Å². The molecule has 0 aliphatic rings. The van der Waals surface area contributed by atoms with Crippen LogP contribution in [-0.2, 0) is 9.05 Å². The van der Waals surface area contributed by atoms with Crippen molar-refractivity contribution in [1.29, 1.82) is 0 Å². The molecule has 0 aliphatic heterocycles. The number of alkyl halides is 2. The van der Waals surface area contributed by atoms with Crippen LogP contribution in [0.3, 0.4) is 0 Å². The Balaban J connectivity index is 3.52. The molecule has 0 spiro atoms. The fourth-order valence-electron chi connectivity index (χ4n) is 0.923. The Bertz CT molecular complexity index is 492. The maximum absolute atomic E-state index is 12.3. The monoisotopic (exact) mass is 319 g/mol. The average molecular weight is 321 g/mol. The first kappa shape index (κ1) is 12.8. The third-order valence-electron chi connectivity index (χ3n) is 1.64. The quantitative estimate of drug-likeness (QED) is 0.787. The van der Waals surface area contributed by atoms with Crippen LogP contribution in [0.15, 0.2) is 15.6 Å². The van der Waals surface area contributed by atoms with Crippen molar-refractivity contribution in [3.05, 3.63) is 21.8 Å². The molecule has 1 aromatic heterocycles. The van der Waals surface area contributed by atoms with Gasteiger partial charge in [-0.25, -0.2) is 22.2 Å². The van der Waals surface area contributed by atoms with Crippen LogP contribution in [0.5, 0.6) is 0 Å². The summed E-state index contributed by atoms with van der Waals surface area (Å²) in [5.41, 5.74) is -0.430. The minimum absolute atomic E-state index is 0.203. The van der Waals surface area contributed by atoms with Crippen molar-refractivity contribution in [2.24, 2.45) is 0 Å². The van der Waals surface area contributed by atoms with Gasteiger partial charge in [-0.15, -0.1) is 0 Å². The van der Waals surface area contributed by atoms with E-state index in [1.54, 1.807) is 0 Å². The molecule has 3 nitrogen and oxygen atoms in total. The van der Waals surface area contributed by atoms with Crippen molar-refractivity contribution in [1.82, 2.24) is 4.98 Å². The Hall–Kier alpha value is -0.270. The number of aromatic nitrogens is 1. The Morgan fingerprint density at radius 3 is 2.47 bits per heavy atom. The third-order valence-corrected chi connectivity index (χ3v) is 3.76. The van der Waals surface area contributed by atoms with E-state index in [0.717, 1.165) is 6.07 Å². The van der Waals surface area contributed by atoms with E-state index >= 15 is 0 Å². The first-order valence-corrected chi connectivity index (χ1v) is 6.73.